The third kappa shape index (κ3) is 10.0. The first-order valence-electron chi connectivity index (χ1n) is 32.6. The average Bonchev–Trinajstić information content (AvgIpc) is 1.65. The number of pyridine rings is 1. The molecule has 0 bridgehead atoms. The molecule has 0 saturated carbocycles. The topological polar surface area (TPSA) is 49.0 Å². The molecular formula is C86H76N4O2Pt-2. The molecule has 464 valence electrons. The number of benzene rings is 10. The van der Waals surface area contributed by atoms with Gasteiger partial charge in [0.2, 0.25) is 0 Å². The van der Waals surface area contributed by atoms with Crippen molar-refractivity contribution in [3.05, 3.63) is 247 Å². The molecule has 93 heavy (non-hydrogen) atoms. The van der Waals surface area contributed by atoms with Crippen molar-refractivity contribution in [1.82, 2.24) is 14.1 Å². The molecule has 16 rings (SSSR count). The summed E-state index contributed by atoms with van der Waals surface area (Å²) < 4.78 is 20.3. The molecule has 0 unspecified atom stereocenters. The van der Waals surface area contributed by atoms with Crippen LogP contribution in [0.3, 0.4) is 0 Å². The third-order valence-corrected chi connectivity index (χ3v) is 20.1. The third-order valence-electron chi connectivity index (χ3n) is 20.1. The van der Waals surface area contributed by atoms with Crippen molar-refractivity contribution in [2.24, 2.45) is 0 Å². The van der Waals surface area contributed by atoms with Crippen LogP contribution in [0.4, 0.5) is 0 Å². The summed E-state index contributed by atoms with van der Waals surface area (Å²) in [5, 5.41) is 4.37. The molecule has 1 aliphatic carbocycles. The number of hydrogen-bond acceptors (Lipinski definition) is 3. The van der Waals surface area contributed by atoms with Gasteiger partial charge in [-0.2, -0.15) is 18.2 Å². The summed E-state index contributed by atoms with van der Waals surface area (Å²) in [6, 6.07) is 79.2. The number of imidazole rings is 1. The minimum absolute atomic E-state index is 0. The fraction of sp³-hybridized carbons (Fsp3) is 0.233. The Morgan fingerprint density at radius 1 is 0.462 bits per heavy atom. The average molecular weight is 1390 g/mol. The maximum Gasteiger partial charge on any atom is 0.268 e. The number of aromatic nitrogens is 4. The van der Waals surface area contributed by atoms with E-state index in [1.807, 2.05) is 24.4 Å². The molecule has 0 atom stereocenters. The van der Waals surface area contributed by atoms with Crippen LogP contribution in [0, 0.1) is 18.5 Å². The van der Waals surface area contributed by atoms with Crippen LogP contribution in [-0.2, 0) is 48.1 Å². The first-order valence-corrected chi connectivity index (χ1v) is 32.6. The molecule has 6 nitrogen and oxygen atoms in total. The zero-order valence-corrected chi connectivity index (χ0v) is 57.7. The predicted octanol–water partition coefficient (Wildman–Crippen LogP) is 22.4. The molecule has 4 aromatic heterocycles. The molecule has 0 spiro atoms. The van der Waals surface area contributed by atoms with Crippen LogP contribution in [0.5, 0.6) is 11.5 Å². The van der Waals surface area contributed by atoms with Crippen LogP contribution in [0.25, 0.3) is 128 Å². The minimum Gasteiger partial charge on any atom is -0.510 e. The molecule has 2 aliphatic rings. The normalized spacial score (nSPS) is 14.3. The second-order valence-electron chi connectivity index (χ2n) is 30.3. The summed E-state index contributed by atoms with van der Waals surface area (Å²) in [7, 11) is 0. The Morgan fingerprint density at radius 3 is 1.81 bits per heavy atom. The van der Waals surface area contributed by atoms with Gasteiger partial charge in [-0.1, -0.05) is 211 Å². The van der Waals surface area contributed by atoms with Gasteiger partial charge in [-0.05, 0) is 183 Å². The Morgan fingerprint density at radius 2 is 1.09 bits per heavy atom. The maximum atomic E-state index is 7.00. The van der Waals surface area contributed by atoms with Crippen LogP contribution in [0.1, 0.15) is 131 Å². The van der Waals surface area contributed by atoms with Gasteiger partial charge in [0, 0.05) is 55.1 Å². The Labute approximate surface area is 560 Å². The summed E-state index contributed by atoms with van der Waals surface area (Å²) in [4.78, 5) is 4.96. The molecule has 0 saturated heterocycles. The zero-order valence-electron chi connectivity index (χ0n) is 55.4. The van der Waals surface area contributed by atoms with Crippen LogP contribution < -0.4 is 9.30 Å². The van der Waals surface area contributed by atoms with Crippen molar-refractivity contribution in [1.29, 1.82) is 0 Å². The van der Waals surface area contributed by atoms with Gasteiger partial charge in [0.1, 0.15) is 17.0 Å². The quantitative estimate of drug-likeness (QED) is 0.123. The van der Waals surface area contributed by atoms with Crippen molar-refractivity contribution < 1.29 is 34.8 Å². The van der Waals surface area contributed by atoms with E-state index in [1.54, 1.807) is 0 Å². The maximum absolute atomic E-state index is 7.00. The standard InChI is InChI=1S/C86H76N4O2.Pt/c1-82(2,3)55-32-29-52(30-33-55)66-44-57(84(7,8)9)45-71-68-50-73-72(85(10,11)38-39-86(73,12)13)49-67(68)61-23-14-15-24-62(61)70-42-54(53-31-36-78-69(41-53)65-26-17-19-28-77(65)92-78)43-76-81(70)89(80(66)71)51-88(76)58-21-20-22-59(47-58)91-60-34-35-64-63-25-16-18-27-74(63)90(75(64)48-60)79-46-56(37-40-87-79)83(4,5)6;/h14-37,40-46,49-50H,38-39H2,1-13H3;/q-2;. The summed E-state index contributed by atoms with van der Waals surface area (Å²) >= 11 is 0. The SMILES string of the molecule is CC(C)(C)c1ccc(-c2cc(C(C)(C)C)cc3c2-[n+]2[c-]n(-c4[c-]c(Oc5[c-]c6c(cc5)c5ccccc5n6-c5cc(C(C)(C)C)ccn5)ccc4)c4cc(-c5ccc6oc7ccccc7c6c5)cc(c42)-c2ccccc2-c2cc4c(cc2-3)C(C)(C)CCC4(C)C)cc1.[Pt]. The van der Waals surface area contributed by atoms with Crippen LogP contribution in [-0.4, -0.2) is 14.1 Å². The smallest absolute Gasteiger partial charge is 0.268 e. The van der Waals surface area contributed by atoms with Gasteiger partial charge < -0.3 is 18.3 Å². The molecule has 0 fully saturated rings. The zero-order chi connectivity index (χ0) is 63.5. The number of furan rings is 1. The Balaban J connectivity index is 0.00000716. The van der Waals surface area contributed by atoms with E-state index < -0.39 is 0 Å². The van der Waals surface area contributed by atoms with E-state index >= 15 is 0 Å². The van der Waals surface area contributed by atoms with Gasteiger partial charge >= 0.3 is 0 Å². The van der Waals surface area contributed by atoms with Crippen molar-refractivity contribution in [2.75, 3.05) is 0 Å². The molecule has 14 aromatic rings. The first kappa shape index (κ1) is 60.2. The molecular weight excluding hydrogens is 1320 g/mol. The van der Waals surface area contributed by atoms with E-state index in [0.717, 1.165) is 118 Å². The Kier molecular flexibility index (Phi) is 13.9. The minimum atomic E-state index is -0.201. The van der Waals surface area contributed by atoms with Crippen molar-refractivity contribution >= 4 is 54.8 Å². The van der Waals surface area contributed by atoms with Crippen molar-refractivity contribution in [3.8, 4) is 84.3 Å². The van der Waals surface area contributed by atoms with E-state index in [-0.39, 0.29) is 48.1 Å². The summed E-state index contributed by atoms with van der Waals surface area (Å²) in [5.74, 6) is 1.96. The summed E-state index contributed by atoms with van der Waals surface area (Å²) in [6.07, 6.45) is 8.30. The van der Waals surface area contributed by atoms with Crippen molar-refractivity contribution in [2.45, 2.75) is 130 Å². The Bertz CT molecular complexity index is 5380. The molecule has 7 heteroatoms. The number of para-hydroxylation sites is 2. The van der Waals surface area contributed by atoms with Gasteiger partial charge in [0.15, 0.2) is 0 Å². The molecule has 0 N–H and O–H groups in total. The number of ether oxygens (including phenoxy) is 1. The number of hydrogen-bond donors (Lipinski definition) is 0. The Hall–Kier alpha value is -9.09. The van der Waals surface area contributed by atoms with Crippen LogP contribution in [0.15, 0.2) is 205 Å². The molecule has 5 heterocycles. The second-order valence-corrected chi connectivity index (χ2v) is 30.3. The fourth-order valence-electron chi connectivity index (χ4n) is 14.7. The largest absolute Gasteiger partial charge is 0.510 e. The predicted molar refractivity (Wildman–Crippen MR) is 379 cm³/mol. The van der Waals surface area contributed by atoms with Gasteiger partial charge in [0.05, 0.1) is 16.7 Å². The fourth-order valence-corrected chi connectivity index (χ4v) is 14.7. The van der Waals surface area contributed by atoms with E-state index in [2.05, 4.69) is 298 Å². The van der Waals surface area contributed by atoms with E-state index in [1.165, 1.54) is 50.1 Å². The van der Waals surface area contributed by atoms with Gasteiger partial charge in [-0.3, -0.25) is 4.57 Å². The number of rotatable bonds is 6. The molecule has 10 aromatic carbocycles. The summed E-state index contributed by atoms with van der Waals surface area (Å²) in [5.41, 5.74) is 25.2. The van der Waals surface area contributed by atoms with Gasteiger partial charge in [-0.25, -0.2) is 4.98 Å². The number of fused-ring (bicyclic) bond motifs is 14. The second kappa shape index (κ2) is 21.5. The van der Waals surface area contributed by atoms with Crippen LogP contribution >= 0.6 is 0 Å². The molecule has 1 aliphatic heterocycles. The van der Waals surface area contributed by atoms with Crippen LogP contribution in [0.2, 0.25) is 0 Å². The first-order chi connectivity index (χ1) is 43.9. The van der Waals surface area contributed by atoms with E-state index in [0.29, 0.717) is 11.5 Å². The molecule has 0 amide bonds. The van der Waals surface area contributed by atoms with Crippen molar-refractivity contribution in [3.63, 3.8) is 0 Å². The van der Waals surface area contributed by atoms with Gasteiger partial charge in [0.25, 0.3) is 6.33 Å². The number of nitrogens with zero attached hydrogens (tertiary/aromatic N) is 4. The van der Waals surface area contributed by atoms with E-state index in [9.17, 15) is 0 Å². The van der Waals surface area contributed by atoms with E-state index in [4.69, 9.17) is 14.1 Å². The molecule has 0 radical (unpaired) electrons. The summed E-state index contributed by atoms with van der Waals surface area (Å²) in [6.45, 7) is 30.5. The van der Waals surface area contributed by atoms with Gasteiger partial charge in [-0.15, -0.1) is 29.7 Å². The monoisotopic (exact) mass is 1390 g/mol.